The minimum Gasteiger partial charge on any atom is -0.481 e. The lowest BCUT2D eigenvalue weighted by molar-refractivity contribution is -0.136. The summed E-state index contributed by atoms with van der Waals surface area (Å²) in [5, 5.41) is 11.8. The molecule has 21 heavy (non-hydrogen) atoms. The van der Waals surface area contributed by atoms with E-state index in [1.54, 1.807) is 0 Å². The van der Waals surface area contributed by atoms with Crippen LogP contribution in [0.15, 0.2) is 24.3 Å². The molecule has 1 fully saturated rings. The Balaban J connectivity index is 2.01. The maximum atomic E-state index is 12.3. The number of carboxylic acids is 1. The Morgan fingerprint density at radius 3 is 2.67 bits per heavy atom. The summed E-state index contributed by atoms with van der Waals surface area (Å²) >= 11 is 0. The zero-order valence-corrected chi connectivity index (χ0v) is 12.3. The van der Waals surface area contributed by atoms with Crippen molar-refractivity contribution in [3.8, 4) is 0 Å². The van der Waals surface area contributed by atoms with Gasteiger partial charge in [-0.3, -0.25) is 9.69 Å². The van der Waals surface area contributed by atoms with Crippen LogP contribution >= 0.6 is 0 Å². The molecular formula is C16H22N2O3. The number of hydrogen-bond acceptors (Lipinski definition) is 2. The van der Waals surface area contributed by atoms with Crippen molar-refractivity contribution in [2.75, 3.05) is 18.0 Å². The number of nitrogens with zero attached hydrogens (tertiary/aromatic N) is 1. The number of hydrogen-bond donors (Lipinski definition) is 2. The lowest BCUT2D eigenvalue weighted by atomic mass is 10.2. The molecule has 2 amide bonds. The summed E-state index contributed by atoms with van der Waals surface area (Å²) in [5.41, 5.74) is 1.72. The second-order valence-electron chi connectivity index (χ2n) is 5.55. The molecule has 0 atom stereocenters. The highest BCUT2D eigenvalue weighted by Crippen LogP contribution is 2.31. The average molecular weight is 290 g/mol. The van der Waals surface area contributed by atoms with Crippen LogP contribution in [-0.4, -0.2) is 30.2 Å². The van der Waals surface area contributed by atoms with Crippen molar-refractivity contribution in [1.82, 2.24) is 5.32 Å². The minimum atomic E-state index is -0.903. The third kappa shape index (κ3) is 4.77. The molecule has 5 heteroatoms. The molecule has 2 rings (SSSR count). The van der Waals surface area contributed by atoms with Gasteiger partial charge in [0.15, 0.2) is 0 Å². The van der Waals surface area contributed by atoms with Crippen LogP contribution in [0.3, 0.4) is 0 Å². The Kier molecular flexibility index (Phi) is 5.20. The normalized spacial score (nSPS) is 13.8. The second-order valence-corrected chi connectivity index (χ2v) is 5.55. The monoisotopic (exact) mass is 290 g/mol. The highest BCUT2D eigenvalue weighted by Gasteiger charge is 2.22. The molecule has 2 N–H and O–H groups in total. The van der Waals surface area contributed by atoms with Gasteiger partial charge in [0, 0.05) is 18.8 Å². The number of aryl methyl sites for hydroxylation is 1. The first-order valence-electron chi connectivity index (χ1n) is 7.40. The van der Waals surface area contributed by atoms with E-state index < -0.39 is 5.97 Å². The van der Waals surface area contributed by atoms with E-state index in [0.717, 1.165) is 23.6 Å². The van der Waals surface area contributed by atoms with Crippen molar-refractivity contribution < 1.29 is 14.7 Å². The highest BCUT2D eigenvalue weighted by molar-refractivity contribution is 5.93. The molecule has 0 aliphatic heterocycles. The minimum absolute atomic E-state index is 0.0651. The van der Waals surface area contributed by atoms with Crippen LogP contribution in [0.5, 0.6) is 0 Å². The van der Waals surface area contributed by atoms with Crippen molar-refractivity contribution in [2.24, 2.45) is 5.92 Å². The molecule has 0 saturated heterocycles. The van der Waals surface area contributed by atoms with E-state index >= 15 is 0 Å². The van der Waals surface area contributed by atoms with Crippen LogP contribution in [0.25, 0.3) is 0 Å². The number of carboxylic acid groups (broad SMARTS) is 1. The molecule has 5 nitrogen and oxygen atoms in total. The molecule has 0 spiro atoms. The molecule has 1 aromatic carbocycles. The summed E-state index contributed by atoms with van der Waals surface area (Å²) in [6.07, 6.45) is 3.46. The number of anilines is 1. The van der Waals surface area contributed by atoms with Gasteiger partial charge in [0.05, 0.1) is 6.42 Å². The molecule has 0 radical (unpaired) electrons. The fraction of sp³-hybridized carbons (Fsp3) is 0.500. The van der Waals surface area contributed by atoms with E-state index in [1.165, 1.54) is 17.7 Å². The molecule has 0 unspecified atom stereocenters. The van der Waals surface area contributed by atoms with Gasteiger partial charge < -0.3 is 10.4 Å². The molecule has 1 aliphatic rings. The molecule has 114 valence electrons. The number of nitrogens with one attached hydrogen (secondary N) is 1. The van der Waals surface area contributed by atoms with Gasteiger partial charge in [-0.2, -0.15) is 0 Å². The largest absolute Gasteiger partial charge is 0.481 e. The zero-order chi connectivity index (χ0) is 15.2. The summed E-state index contributed by atoms with van der Waals surface area (Å²) in [4.78, 5) is 24.7. The van der Waals surface area contributed by atoms with Crippen molar-refractivity contribution in [3.63, 3.8) is 0 Å². The Morgan fingerprint density at radius 2 is 2.05 bits per heavy atom. The van der Waals surface area contributed by atoms with Crippen LogP contribution in [0.2, 0.25) is 0 Å². The van der Waals surface area contributed by atoms with Gasteiger partial charge in [-0.15, -0.1) is 0 Å². The lowest BCUT2D eigenvalue weighted by Crippen LogP contribution is -2.42. The third-order valence-corrected chi connectivity index (χ3v) is 3.73. The van der Waals surface area contributed by atoms with Gasteiger partial charge in [0.1, 0.15) is 0 Å². The molecule has 0 heterocycles. The first-order chi connectivity index (χ1) is 10.1. The molecule has 1 saturated carbocycles. The van der Waals surface area contributed by atoms with E-state index in [0.29, 0.717) is 6.54 Å². The van der Waals surface area contributed by atoms with E-state index in [4.69, 9.17) is 5.11 Å². The number of benzene rings is 1. The van der Waals surface area contributed by atoms with Gasteiger partial charge in [0.25, 0.3) is 0 Å². The summed E-state index contributed by atoms with van der Waals surface area (Å²) in [6, 6.07) is 7.30. The molecule has 0 bridgehead atoms. The van der Waals surface area contributed by atoms with Gasteiger partial charge in [-0.05, 0) is 30.9 Å². The van der Waals surface area contributed by atoms with E-state index in [1.807, 2.05) is 31.2 Å². The molecular weight excluding hydrogens is 268 g/mol. The average Bonchev–Trinajstić information content (AvgIpc) is 3.25. The lowest BCUT2D eigenvalue weighted by Gasteiger charge is -2.24. The SMILES string of the molecule is Cc1ccccc1N(CCC(=O)O)C(=O)NCCC1CC1. The van der Waals surface area contributed by atoms with Gasteiger partial charge in [-0.1, -0.05) is 31.0 Å². The Hall–Kier alpha value is -2.04. The van der Waals surface area contributed by atoms with Crippen LogP contribution in [-0.2, 0) is 4.79 Å². The number of amides is 2. The highest BCUT2D eigenvalue weighted by atomic mass is 16.4. The van der Waals surface area contributed by atoms with Crippen LogP contribution in [0.1, 0.15) is 31.2 Å². The summed E-state index contributed by atoms with van der Waals surface area (Å²) < 4.78 is 0. The smallest absolute Gasteiger partial charge is 0.321 e. The topological polar surface area (TPSA) is 69.6 Å². The molecule has 1 aliphatic carbocycles. The Labute approximate surface area is 125 Å². The van der Waals surface area contributed by atoms with E-state index in [9.17, 15) is 9.59 Å². The quantitative estimate of drug-likeness (QED) is 0.811. The van der Waals surface area contributed by atoms with E-state index in [-0.39, 0.29) is 19.0 Å². The fourth-order valence-electron chi connectivity index (χ4n) is 2.29. The summed E-state index contributed by atoms with van der Waals surface area (Å²) in [5.74, 6) is -0.143. The maximum Gasteiger partial charge on any atom is 0.321 e. The Morgan fingerprint density at radius 1 is 1.33 bits per heavy atom. The van der Waals surface area contributed by atoms with Crippen molar-refractivity contribution >= 4 is 17.7 Å². The van der Waals surface area contributed by atoms with Crippen LogP contribution < -0.4 is 10.2 Å². The van der Waals surface area contributed by atoms with Gasteiger partial charge >= 0.3 is 12.0 Å². The van der Waals surface area contributed by atoms with Gasteiger partial charge in [0.2, 0.25) is 0 Å². The number of urea groups is 1. The first kappa shape index (κ1) is 15.4. The van der Waals surface area contributed by atoms with Gasteiger partial charge in [-0.25, -0.2) is 4.79 Å². The Bertz CT molecular complexity index is 512. The predicted octanol–water partition coefficient (Wildman–Crippen LogP) is 2.79. The number of rotatable bonds is 7. The second kappa shape index (κ2) is 7.11. The number of aliphatic carboxylic acids is 1. The number of carbonyl (C=O) groups is 2. The first-order valence-corrected chi connectivity index (χ1v) is 7.40. The summed E-state index contributed by atoms with van der Waals surface area (Å²) in [7, 11) is 0. The van der Waals surface area contributed by atoms with Crippen molar-refractivity contribution in [2.45, 2.75) is 32.6 Å². The number of para-hydroxylation sites is 1. The summed E-state index contributed by atoms with van der Waals surface area (Å²) in [6.45, 7) is 2.75. The van der Waals surface area contributed by atoms with Crippen LogP contribution in [0.4, 0.5) is 10.5 Å². The maximum absolute atomic E-state index is 12.3. The van der Waals surface area contributed by atoms with E-state index in [2.05, 4.69) is 5.32 Å². The standard InChI is InChI=1S/C16H22N2O3/c1-12-4-2-3-5-14(12)18(11-9-15(19)20)16(21)17-10-8-13-6-7-13/h2-5,13H,6-11H2,1H3,(H,17,21)(H,19,20). The van der Waals surface area contributed by atoms with Crippen LogP contribution in [0, 0.1) is 12.8 Å². The third-order valence-electron chi connectivity index (χ3n) is 3.73. The fourth-order valence-corrected chi connectivity index (χ4v) is 2.29. The molecule has 0 aromatic heterocycles. The van der Waals surface area contributed by atoms with Crippen molar-refractivity contribution in [1.29, 1.82) is 0 Å². The number of carbonyl (C=O) groups excluding carboxylic acids is 1. The van der Waals surface area contributed by atoms with Crippen molar-refractivity contribution in [3.05, 3.63) is 29.8 Å². The predicted molar refractivity (Wildman–Crippen MR) is 81.5 cm³/mol. The zero-order valence-electron chi connectivity index (χ0n) is 12.3. The molecule has 1 aromatic rings.